The molecule has 1 amide bonds. The maximum atomic E-state index is 12.9. The Morgan fingerprint density at radius 2 is 1.81 bits per heavy atom. The smallest absolute Gasteiger partial charge is 0.307 e. The number of carbonyl (C=O) groups is 2. The molecule has 0 saturated carbocycles. The number of hydrogen-bond acceptors (Lipinski definition) is 8. The number of methoxy groups -OCH3 is 1. The number of rotatable bonds is 9. The highest BCUT2D eigenvalue weighted by atomic mass is 32.2. The third kappa shape index (κ3) is 5.83. The Morgan fingerprint density at radius 1 is 1.08 bits per heavy atom. The van der Waals surface area contributed by atoms with Gasteiger partial charge in [0.1, 0.15) is 17.6 Å². The second-order valence-electron chi connectivity index (χ2n) is 8.29. The molecule has 0 bridgehead atoms. The zero-order valence-corrected chi connectivity index (χ0v) is 20.7. The number of benzene rings is 2. The molecule has 2 aromatic carbocycles. The van der Waals surface area contributed by atoms with Crippen molar-refractivity contribution in [1.29, 1.82) is 0 Å². The van der Waals surface area contributed by atoms with Crippen LogP contribution in [-0.4, -0.2) is 50.5 Å². The molecule has 1 aromatic heterocycles. The molecule has 0 N–H and O–H groups in total. The number of furan rings is 1. The van der Waals surface area contributed by atoms with E-state index in [1.165, 1.54) is 23.4 Å². The second-order valence-corrected chi connectivity index (χ2v) is 10.4. The summed E-state index contributed by atoms with van der Waals surface area (Å²) in [6.07, 6.45) is 1.55. The SMILES string of the molecule is COc1ccc(C2=NN(C(=O)COC(=O)CCS(=O)(=O)c3ccc(C)cc3)[C@H](c3ccco3)C2)cc1. The molecular weight excluding hydrogens is 484 g/mol. The van der Waals surface area contributed by atoms with Gasteiger partial charge in [-0.1, -0.05) is 17.7 Å². The lowest BCUT2D eigenvalue weighted by molar-refractivity contribution is -0.152. The van der Waals surface area contributed by atoms with Crippen molar-refractivity contribution < 1.29 is 31.9 Å². The van der Waals surface area contributed by atoms with Crippen LogP contribution >= 0.6 is 0 Å². The van der Waals surface area contributed by atoms with Gasteiger partial charge in [-0.15, -0.1) is 0 Å². The Balaban J connectivity index is 1.39. The second kappa shape index (κ2) is 10.8. The number of nitrogens with zero attached hydrogens (tertiary/aromatic N) is 2. The fourth-order valence-corrected chi connectivity index (χ4v) is 4.98. The van der Waals surface area contributed by atoms with Crippen LogP contribution < -0.4 is 4.74 Å². The molecule has 0 radical (unpaired) electrons. The quantitative estimate of drug-likeness (QED) is 0.403. The first-order valence-electron chi connectivity index (χ1n) is 11.3. The number of hydrogen-bond donors (Lipinski definition) is 0. The van der Waals surface area contributed by atoms with E-state index in [0.29, 0.717) is 23.6 Å². The molecule has 2 heterocycles. The summed E-state index contributed by atoms with van der Waals surface area (Å²) in [6, 6.07) is 16.7. The van der Waals surface area contributed by atoms with E-state index in [9.17, 15) is 18.0 Å². The molecule has 0 spiro atoms. The number of esters is 1. The monoisotopic (exact) mass is 510 g/mol. The Hall–Kier alpha value is -3.92. The lowest BCUT2D eigenvalue weighted by atomic mass is 10.0. The summed E-state index contributed by atoms with van der Waals surface area (Å²) in [5.74, 6) is -0.501. The van der Waals surface area contributed by atoms with Crippen LogP contribution in [0.2, 0.25) is 0 Å². The van der Waals surface area contributed by atoms with Gasteiger partial charge in [-0.3, -0.25) is 9.59 Å². The number of amides is 1. The van der Waals surface area contributed by atoms with Crippen molar-refractivity contribution in [3.8, 4) is 5.75 Å². The van der Waals surface area contributed by atoms with Gasteiger partial charge in [0, 0.05) is 6.42 Å². The summed E-state index contributed by atoms with van der Waals surface area (Å²) >= 11 is 0. The maximum Gasteiger partial charge on any atom is 0.307 e. The minimum Gasteiger partial charge on any atom is -0.497 e. The van der Waals surface area contributed by atoms with Crippen LogP contribution in [0.25, 0.3) is 0 Å². The van der Waals surface area contributed by atoms with Gasteiger partial charge in [0.15, 0.2) is 16.4 Å². The lowest BCUT2D eigenvalue weighted by Crippen LogP contribution is -2.31. The summed E-state index contributed by atoms with van der Waals surface area (Å²) in [6.45, 7) is 1.28. The van der Waals surface area contributed by atoms with E-state index < -0.39 is 40.1 Å². The molecular formula is C26H26N2O7S. The zero-order valence-electron chi connectivity index (χ0n) is 19.9. The zero-order chi connectivity index (χ0) is 25.7. The van der Waals surface area contributed by atoms with Crippen molar-refractivity contribution >= 4 is 27.4 Å². The van der Waals surface area contributed by atoms with E-state index in [1.54, 1.807) is 43.5 Å². The van der Waals surface area contributed by atoms with Crippen LogP contribution in [0.3, 0.4) is 0 Å². The summed E-state index contributed by atoms with van der Waals surface area (Å²) in [5.41, 5.74) is 2.42. The standard InChI is InChI=1S/C26H26N2O7S/c1-18-5-11-21(12-6-18)36(31,32)15-13-26(30)35-17-25(29)28-23(24-4-3-14-34-24)16-22(27-28)19-7-9-20(33-2)10-8-19/h3-12,14,23H,13,15-17H2,1-2H3/t23-/m0/s1. The molecule has 1 aliphatic rings. The van der Waals surface area contributed by atoms with Gasteiger partial charge in [-0.25, -0.2) is 13.4 Å². The van der Waals surface area contributed by atoms with E-state index in [-0.39, 0.29) is 11.3 Å². The highest BCUT2D eigenvalue weighted by Crippen LogP contribution is 2.33. The average molecular weight is 511 g/mol. The van der Waals surface area contributed by atoms with Gasteiger partial charge >= 0.3 is 5.97 Å². The van der Waals surface area contributed by atoms with Crippen LogP contribution in [0.15, 0.2) is 81.3 Å². The molecule has 1 atom stereocenters. The number of carbonyl (C=O) groups excluding carboxylic acids is 2. The molecule has 3 aromatic rings. The third-order valence-electron chi connectivity index (χ3n) is 5.77. The molecule has 36 heavy (non-hydrogen) atoms. The van der Waals surface area contributed by atoms with Crippen molar-refractivity contribution in [2.24, 2.45) is 5.10 Å². The fraction of sp³-hybridized carbons (Fsp3) is 0.269. The first-order chi connectivity index (χ1) is 17.3. The number of ether oxygens (including phenoxy) is 2. The van der Waals surface area contributed by atoms with E-state index in [4.69, 9.17) is 13.9 Å². The Kier molecular flexibility index (Phi) is 7.54. The first kappa shape index (κ1) is 25.2. The highest BCUT2D eigenvalue weighted by molar-refractivity contribution is 7.91. The lowest BCUT2D eigenvalue weighted by Gasteiger charge is -2.19. The van der Waals surface area contributed by atoms with Crippen LogP contribution in [0, 0.1) is 6.92 Å². The summed E-state index contributed by atoms with van der Waals surface area (Å²) in [7, 11) is -2.07. The molecule has 0 saturated heterocycles. The van der Waals surface area contributed by atoms with E-state index in [2.05, 4.69) is 5.10 Å². The van der Waals surface area contributed by atoms with Gasteiger partial charge in [-0.05, 0) is 61.0 Å². The molecule has 0 aliphatic carbocycles. The Bertz CT molecular complexity index is 1350. The van der Waals surface area contributed by atoms with E-state index >= 15 is 0 Å². The minimum absolute atomic E-state index is 0.135. The number of sulfone groups is 1. The summed E-state index contributed by atoms with van der Waals surface area (Å²) < 4.78 is 40.7. The number of hydrazone groups is 1. The van der Waals surface area contributed by atoms with Crippen molar-refractivity contribution in [2.45, 2.75) is 30.7 Å². The van der Waals surface area contributed by atoms with Crippen molar-refractivity contribution in [2.75, 3.05) is 19.5 Å². The largest absolute Gasteiger partial charge is 0.497 e. The van der Waals surface area contributed by atoms with Gasteiger partial charge < -0.3 is 13.9 Å². The van der Waals surface area contributed by atoms with Crippen LogP contribution in [0.5, 0.6) is 5.75 Å². The highest BCUT2D eigenvalue weighted by Gasteiger charge is 2.35. The van der Waals surface area contributed by atoms with Gasteiger partial charge in [-0.2, -0.15) is 5.10 Å². The summed E-state index contributed by atoms with van der Waals surface area (Å²) in [4.78, 5) is 25.3. The predicted molar refractivity (Wildman–Crippen MR) is 131 cm³/mol. The minimum atomic E-state index is -3.65. The van der Waals surface area contributed by atoms with Crippen LogP contribution in [0.4, 0.5) is 0 Å². The number of aryl methyl sites for hydroxylation is 1. The van der Waals surface area contributed by atoms with Crippen molar-refractivity contribution in [1.82, 2.24) is 5.01 Å². The molecule has 10 heteroatoms. The normalized spacial score (nSPS) is 15.4. The van der Waals surface area contributed by atoms with Gasteiger partial charge in [0.05, 0.1) is 36.2 Å². The molecule has 1 aliphatic heterocycles. The third-order valence-corrected chi connectivity index (χ3v) is 7.50. The summed E-state index contributed by atoms with van der Waals surface area (Å²) in [5, 5.41) is 5.72. The van der Waals surface area contributed by atoms with Crippen LogP contribution in [0.1, 0.15) is 35.8 Å². The van der Waals surface area contributed by atoms with Gasteiger partial charge in [0.25, 0.3) is 5.91 Å². The first-order valence-corrected chi connectivity index (χ1v) is 12.9. The van der Waals surface area contributed by atoms with Crippen LogP contribution in [-0.2, 0) is 24.2 Å². The van der Waals surface area contributed by atoms with Gasteiger partial charge in [0.2, 0.25) is 0 Å². The maximum absolute atomic E-state index is 12.9. The Labute approximate surface area is 209 Å². The molecule has 188 valence electrons. The van der Waals surface area contributed by atoms with Crippen molar-refractivity contribution in [3.05, 3.63) is 83.8 Å². The molecule has 9 nitrogen and oxygen atoms in total. The predicted octanol–water partition coefficient (Wildman–Crippen LogP) is 3.68. The molecule has 0 unspecified atom stereocenters. The van der Waals surface area contributed by atoms with E-state index in [1.807, 2.05) is 19.1 Å². The topological polar surface area (TPSA) is 115 Å². The van der Waals surface area contributed by atoms with E-state index in [0.717, 1.165) is 11.1 Å². The Morgan fingerprint density at radius 3 is 2.44 bits per heavy atom. The molecule has 4 rings (SSSR count). The van der Waals surface area contributed by atoms with Crippen molar-refractivity contribution in [3.63, 3.8) is 0 Å². The fourth-order valence-electron chi connectivity index (χ4n) is 3.76. The average Bonchev–Trinajstić information content (AvgIpc) is 3.57. The molecule has 0 fully saturated rings.